The zero-order chi connectivity index (χ0) is 17.4. The predicted molar refractivity (Wildman–Crippen MR) is 100 cm³/mol. The molecule has 0 unspecified atom stereocenters. The number of para-hydroxylation sites is 1. The fourth-order valence-electron chi connectivity index (χ4n) is 4.21. The van der Waals surface area contributed by atoms with Crippen molar-refractivity contribution in [3.63, 3.8) is 0 Å². The zero-order valence-corrected chi connectivity index (χ0v) is 13.6. The van der Waals surface area contributed by atoms with Crippen LogP contribution in [0.25, 0.3) is 45.1 Å². The molecule has 0 saturated carbocycles. The Kier molecular flexibility index (Phi) is 2.38. The summed E-state index contributed by atoms with van der Waals surface area (Å²) in [5.74, 6) is 0.433. The molecule has 0 radical (unpaired) electrons. The maximum Gasteiger partial charge on any atom is 0.222 e. The van der Waals surface area contributed by atoms with Crippen LogP contribution < -0.4 is 10.4 Å². The van der Waals surface area contributed by atoms with Gasteiger partial charge >= 0.3 is 0 Å². The van der Waals surface area contributed by atoms with Crippen LogP contribution >= 0.6 is 0 Å². The number of carbonyl (C=O) groups excluding carboxylic acids is 1. The monoisotopic (exact) mass is 336 g/mol. The van der Waals surface area contributed by atoms with Gasteiger partial charge in [0.1, 0.15) is 11.3 Å². The minimum atomic E-state index is -0.166. The first-order chi connectivity index (χ1) is 12.7. The van der Waals surface area contributed by atoms with Crippen LogP contribution in [-0.2, 0) is 0 Å². The second-order valence-electron chi connectivity index (χ2n) is 6.65. The predicted octanol–water partition coefficient (Wildman–Crippen LogP) is 3.77. The molecule has 0 spiro atoms. The number of hydrogen-bond acceptors (Lipinski definition) is 3. The van der Waals surface area contributed by atoms with Crippen molar-refractivity contribution in [1.29, 1.82) is 0 Å². The van der Waals surface area contributed by atoms with Crippen LogP contribution in [0.3, 0.4) is 0 Å². The third-order valence-electron chi connectivity index (χ3n) is 5.32. The van der Waals surface area contributed by atoms with Crippen LogP contribution in [-0.4, -0.2) is 10.9 Å². The Morgan fingerprint density at radius 2 is 1.50 bits per heavy atom. The minimum absolute atomic E-state index is 0.166. The second-order valence-corrected chi connectivity index (χ2v) is 6.65. The first kappa shape index (κ1) is 13.7. The number of hydrogen-bond donors (Lipinski definition) is 1. The molecule has 3 heteroatoms. The lowest BCUT2D eigenvalue weighted by molar-refractivity contribution is 0.103. The molecule has 2 aliphatic rings. The Morgan fingerprint density at radius 3 is 2.38 bits per heavy atom. The number of fused-ring (bicyclic) bond motifs is 9. The molecule has 3 nitrogen and oxygen atoms in total. The van der Waals surface area contributed by atoms with Crippen molar-refractivity contribution in [2.45, 2.75) is 0 Å². The molecule has 0 fully saturated rings. The highest BCUT2D eigenvalue weighted by Crippen LogP contribution is 2.37. The molecule has 3 aromatic carbocycles. The molecule has 6 rings (SSSR count). The number of furan rings is 1. The van der Waals surface area contributed by atoms with Crippen molar-refractivity contribution in [2.24, 2.45) is 0 Å². The number of aliphatic hydroxyl groups excluding tert-OH is 1. The summed E-state index contributed by atoms with van der Waals surface area (Å²) >= 11 is 0. The van der Waals surface area contributed by atoms with Gasteiger partial charge in [-0.15, -0.1) is 0 Å². The van der Waals surface area contributed by atoms with E-state index in [2.05, 4.69) is 0 Å². The number of rotatable bonds is 0. The molecule has 0 bridgehead atoms. The van der Waals surface area contributed by atoms with E-state index in [9.17, 15) is 9.90 Å². The summed E-state index contributed by atoms with van der Waals surface area (Å²) < 4.78 is 5.82. The molecular formula is C23H12O3. The van der Waals surface area contributed by atoms with Crippen LogP contribution in [0.5, 0.6) is 0 Å². The Bertz CT molecular complexity index is 1400. The van der Waals surface area contributed by atoms with Gasteiger partial charge in [-0.25, -0.2) is 0 Å². The van der Waals surface area contributed by atoms with Crippen LogP contribution in [0.2, 0.25) is 0 Å². The van der Waals surface area contributed by atoms with Crippen molar-refractivity contribution in [3.05, 3.63) is 82.4 Å². The zero-order valence-electron chi connectivity index (χ0n) is 13.6. The first-order valence-electron chi connectivity index (χ1n) is 8.48. The summed E-state index contributed by atoms with van der Waals surface area (Å²) in [6.45, 7) is 0. The average molecular weight is 336 g/mol. The highest BCUT2D eigenvalue weighted by Gasteiger charge is 2.28. The van der Waals surface area contributed by atoms with E-state index in [1.54, 1.807) is 6.08 Å². The Balaban J connectivity index is 1.81. The highest BCUT2D eigenvalue weighted by atomic mass is 16.3. The van der Waals surface area contributed by atoms with Gasteiger partial charge in [-0.1, -0.05) is 54.6 Å². The third kappa shape index (κ3) is 1.51. The molecule has 0 atom stereocenters. The minimum Gasteiger partial charge on any atom is -0.507 e. The summed E-state index contributed by atoms with van der Waals surface area (Å²) in [7, 11) is 0. The summed E-state index contributed by atoms with van der Waals surface area (Å²) in [5.41, 5.74) is 5.18. The number of benzene rings is 3. The number of aliphatic hydroxyl groups is 1. The molecule has 0 saturated heterocycles. The van der Waals surface area contributed by atoms with E-state index in [1.807, 2.05) is 60.7 Å². The van der Waals surface area contributed by atoms with Crippen LogP contribution in [0.1, 0.15) is 16.1 Å². The van der Waals surface area contributed by atoms with Crippen molar-refractivity contribution >= 4 is 28.6 Å². The van der Waals surface area contributed by atoms with Gasteiger partial charge in [0.15, 0.2) is 5.76 Å². The molecule has 1 aromatic heterocycles. The highest BCUT2D eigenvalue weighted by molar-refractivity contribution is 6.24. The van der Waals surface area contributed by atoms with E-state index in [0.717, 1.165) is 43.6 Å². The molecule has 26 heavy (non-hydrogen) atoms. The van der Waals surface area contributed by atoms with E-state index < -0.39 is 0 Å². The first-order valence-corrected chi connectivity index (χ1v) is 8.48. The van der Waals surface area contributed by atoms with E-state index in [4.69, 9.17) is 4.42 Å². The van der Waals surface area contributed by atoms with Gasteiger partial charge in [-0.05, 0) is 34.1 Å². The van der Waals surface area contributed by atoms with Gasteiger partial charge in [0.2, 0.25) is 5.78 Å². The lowest BCUT2D eigenvalue weighted by Gasteiger charge is -2.10. The van der Waals surface area contributed by atoms with E-state index in [0.29, 0.717) is 11.3 Å². The molecule has 1 heterocycles. The standard InChI is InChI=1S/C23H12O3/c24-18-11-17-14(21-16-7-3-4-8-19(16)26-23(18)21)10-9-13-12-5-1-2-6-15(12)22(25)20(13)17/h1-11,25H. The molecular weight excluding hydrogens is 324 g/mol. The summed E-state index contributed by atoms with van der Waals surface area (Å²) in [5, 5.41) is 13.3. The molecule has 0 aliphatic heterocycles. The molecule has 122 valence electrons. The lowest BCUT2D eigenvalue weighted by atomic mass is 9.91. The number of carbonyl (C=O) groups is 1. The van der Waals surface area contributed by atoms with E-state index >= 15 is 0 Å². The summed E-state index contributed by atoms with van der Waals surface area (Å²) in [6, 6.07) is 19.5. The maximum absolute atomic E-state index is 12.8. The number of Topliss-reactive ketones (excluding diaryl/α,β-unsaturated/α-hetero) is 1. The average Bonchev–Trinajstić information content (AvgIpc) is 3.20. The number of ketones is 1. The SMILES string of the molecule is O=C1C=c2c(ccc3c2=C(O)c2ccccc2-3)-c2c1oc1ccccc21. The smallest absolute Gasteiger partial charge is 0.222 e. The lowest BCUT2D eigenvalue weighted by Crippen LogP contribution is -2.32. The van der Waals surface area contributed by atoms with Gasteiger partial charge in [0, 0.05) is 21.7 Å². The van der Waals surface area contributed by atoms with Gasteiger partial charge < -0.3 is 9.52 Å². The Hall–Kier alpha value is -3.59. The third-order valence-corrected chi connectivity index (χ3v) is 5.32. The van der Waals surface area contributed by atoms with Crippen molar-refractivity contribution in [2.75, 3.05) is 0 Å². The largest absolute Gasteiger partial charge is 0.507 e. The molecule has 4 aromatic rings. The second kappa shape index (κ2) is 4.52. The summed E-state index contributed by atoms with van der Waals surface area (Å²) in [6.07, 6.45) is 1.58. The molecule has 2 aliphatic carbocycles. The van der Waals surface area contributed by atoms with E-state index in [-0.39, 0.29) is 11.5 Å². The van der Waals surface area contributed by atoms with E-state index in [1.165, 1.54) is 0 Å². The van der Waals surface area contributed by atoms with Crippen LogP contribution in [0.15, 0.2) is 65.1 Å². The van der Waals surface area contributed by atoms with Gasteiger partial charge in [-0.3, -0.25) is 4.79 Å². The van der Waals surface area contributed by atoms with Gasteiger partial charge in [0.05, 0.1) is 0 Å². The van der Waals surface area contributed by atoms with Gasteiger partial charge in [-0.2, -0.15) is 0 Å². The Labute approximate surface area is 148 Å². The summed E-state index contributed by atoms with van der Waals surface area (Å²) in [4.78, 5) is 12.8. The fourth-order valence-corrected chi connectivity index (χ4v) is 4.21. The fraction of sp³-hybridized carbons (Fsp3) is 0. The van der Waals surface area contributed by atoms with Gasteiger partial charge in [0.25, 0.3) is 0 Å². The Morgan fingerprint density at radius 1 is 0.769 bits per heavy atom. The van der Waals surface area contributed by atoms with Crippen LogP contribution in [0.4, 0.5) is 0 Å². The molecule has 0 amide bonds. The van der Waals surface area contributed by atoms with Crippen molar-refractivity contribution in [1.82, 2.24) is 0 Å². The maximum atomic E-state index is 12.8. The normalized spacial score (nSPS) is 13.8. The topological polar surface area (TPSA) is 50.4 Å². The molecule has 1 N–H and O–H groups in total. The van der Waals surface area contributed by atoms with Crippen molar-refractivity contribution < 1.29 is 14.3 Å². The van der Waals surface area contributed by atoms with Crippen LogP contribution in [0, 0.1) is 0 Å². The van der Waals surface area contributed by atoms with Crippen molar-refractivity contribution in [3.8, 4) is 22.3 Å². The quantitative estimate of drug-likeness (QED) is 0.532.